The molecule has 0 bridgehead atoms. The Hall–Kier alpha value is -3.81. The lowest BCUT2D eigenvalue weighted by Crippen LogP contribution is -2.27. The van der Waals surface area contributed by atoms with Crippen LogP contribution in [-0.2, 0) is 11.3 Å². The first-order valence-corrected chi connectivity index (χ1v) is 9.11. The molecule has 2 heterocycles. The first-order chi connectivity index (χ1) is 14.0. The average molecular weight is 390 g/mol. The number of benzene rings is 2. The van der Waals surface area contributed by atoms with Gasteiger partial charge in [-0.05, 0) is 32.0 Å². The van der Waals surface area contributed by atoms with Crippen LogP contribution in [0.15, 0.2) is 63.8 Å². The molecule has 8 heteroatoms. The molecule has 0 saturated carbocycles. The quantitative estimate of drug-likeness (QED) is 0.482. The van der Waals surface area contributed by atoms with E-state index >= 15 is 0 Å². The van der Waals surface area contributed by atoms with Gasteiger partial charge in [0, 0.05) is 10.9 Å². The summed E-state index contributed by atoms with van der Waals surface area (Å²) in [6.07, 6.45) is 0. The minimum atomic E-state index is -0.671. The maximum atomic E-state index is 12.7. The van der Waals surface area contributed by atoms with E-state index in [9.17, 15) is 9.59 Å². The van der Waals surface area contributed by atoms with Crippen LogP contribution in [0.3, 0.4) is 0 Å². The van der Waals surface area contributed by atoms with E-state index in [0.29, 0.717) is 16.7 Å². The van der Waals surface area contributed by atoms with E-state index in [0.717, 1.165) is 5.56 Å². The van der Waals surface area contributed by atoms with Crippen molar-refractivity contribution in [3.8, 4) is 11.5 Å². The summed E-state index contributed by atoms with van der Waals surface area (Å²) >= 11 is 0. The molecule has 29 heavy (non-hydrogen) atoms. The minimum absolute atomic E-state index is 0.0664. The first-order valence-electron chi connectivity index (χ1n) is 9.11. The van der Waals surface area contributed by atoms with Crippen LogP contribution in [0.4, 0.5) is 0 Å². The Morgan fingerprint density at radius 1 is 1.03 bits per heavy atom. The predicted octanol–water partition coefficient (Wildman–Crippen LogP) is 3.38. The molecule has 0 N–H and O–H groups in total. The van der Waals surface area contributed by atoms with Gasteiger partial charge in [-0.2, -0.15) is 5.10 Å². The minimum Gasteiger partial charge on any atom is -0.451 e. The van der Waals surface area contributed by atoms with Crippen LogP contribution in [0.1, 0.15) is 36.3 Å². The van der Waals surface area contributed by atoms with Gasteiger partial charge in [0.1, 0.15) is 0 Å². The molecule has 0 spiro atoms. The molecule has 0 amide bonds. The van der Waals surface area contributed by atoms with E-state index < -0.39 is 5.97 Å². The highest BCUT2D eigenvalue weighted by molar-refractivity contribution is 6.02. The Labute approximate surface area is 165 Å². The van der Waals surface area contributed by atoms with Gasteiger partial charge in [-0.15, -0.1) is 10.2 Å². The van der Waals surface area contributed by atoms with Crippen molar-refractivity contribution in [3.05, 3.63) is 76.5 Å². The third kappa shape index (κ3) is 3.64. The second kappa shape index (κ2) is 7.67. The number of ether oxygens (including phenoxy) is 1. The van der Waals surface area contributed by atoms with Gasteiger partial charge in [0.05, 0.1) is 11.4 Å². The molecule has 0 radical (unpaired) electrons. The molecule has 0 aliphatic carbocycles. The van der Waals surface area contributed by atoms with E-state index in [1.165, 1.54) is 4.68 Å². The third-order valence-corrected chi connectivity index (χ3v) is 4.33. The Morgan fingerprint density at radius 2 is 1.72 bits per heavy atom. The van der Waals surface area contributed by atoms with E-state index in [1.54, 1.807) is 24.3 Å². The zero-order valence-electron chi connectivity index (χ0n) is 15.9. The van der Waals surface area contributed by atoms with Crippen molar-refractivity contribution in [2.24, 2.45) is 0 Å². The van der Waals surface area contributed by atoms with E-state index in [-0.39, 0.29) is 29.8 Å². The number of carbonyl (C=O) groups is 1. The van der Waals surface area contributed by atoms with Crippen molar-refractivity contribution in [1.82, 2.24) is 20.0 Å². The lowest BCUT2D eigenvalue weighted by Gasteiger charge is -2.12. The van der Waals surface area contributed by atoms with Crippen molar-refractivity contribution in [3.63, 3.8) is 0 Å². The maximum absolute atomic E-state index is 12.7. The zero-order valence-corrected chi connectivity index (χ0v) is 15.9. The van der Waals surface area contributed by atoms with Gasteiger partial charge < -0.3 is 9.15 Å². The summed E-state index contributed by atoms with van der Waals surface area (Å²) in [5.74, 6) is -0.165. The summed E-state index contributed by atoms with van der Waals surface area (Å²) in [4.78, 5) is 25.3. The summed E-state index contributed by atoms with van der Waals surface area (Å²) < 4.78 is 12.2. The monoisotopic (exact) mass is 390 g/mol. The molecule has 0 fully saturated rings. The van der Waals surface area contributed by atoms with Crippen LogP contribution in [-0.4, -0.2) is 25.9 Å². The lowest BCUT2D eigenvalue weighted by molar-refractivity contribution is 0.0431. The van der Waals surface area contributed by atoms with Gasteiger partial charge in [-0.1, -0.05) is 36.4 Å². The average Bonchev–Trinajstić information content (AvgIpc) is 3.22. The van der Waals surface area contributed by atoms with Gasteiger partial charge in [-0.3, -0.25) is 4.79 Å². The molecule has 2 aromatic carbocycles. The Bertz CT molecular complexity index is 1230. The Morgan fingerprint density at radius 3 is 2.45 bits per heavy atom. The van der Waals surface area contributed by atoms with Crippen LogP contribution >= 0.6 is 0 Å². The van der Waals surface area contributed by atoms with Gasteiger partial charge in [0.25, 0.3) is 11.4 Å². The van der Waals surface area contributed by atoms with Crippen LogP contribution in [0.25, 0.3) is 22.2 Å². The number of fused-ring (bicyclic) bond motifs is 1. The molecule has 0 saturated heterocycles. The summed E-state index contributed by atoms with van der Waals surface area (Å²) in [7, 11) is 0. The van der Waals surface area contributed by atoms with Crippen molar-refractivity contribution in [2.75, 3.05) is 0 Å². The number of nitrogens with zero attached hydrogens (tertiary/aromatic N) is 4. The number of aromatic nitrogens is 4. The largest absolute Gasteiger partial charge is 0.451 e. The van der Waals surface area contributed by atoms with Crippen molar-refractivity contribution < 1.29 is 13.9 Å². The van der Waals surface area contributed by atoms with Crippen molar-refractivity contribution in [1.29, 1.82) is 0 Å². The topological polar surface area (TPSA) is 100 Å². The van der Waals surface area contributed by atoms with Gasteiger partial charge in [-0.25, -0.2) is 9.48 Å². The fourth-order valence-corrected chi connectivity index (χ4v) is 2.91. The Balaban J connectivity index is 1.59. The van der Waals surface area contributed by atoms with Gasteiger partial charge >= 0.3 is 5.97 Å². The normalized spacial score (nSPS) is 11.1. The molecular formula is C21H18N4O4. The molecule has 0 unspecified atom stereocenters. The Kier molecular flexibility index (Phi) is 4.90. The molecule has 0 aliphatic rings. The number of carbonyl (C=O) groups excluding carboxylic acids is 1. The van der Waals surface area contributed by atoms with Crippen molar-refractivity contribution in [2.45, 2.75) is 26.5 Å². The summed E-state index contributed by atoms with van der Waals surface area (Å²) in [5, 5.41) is 13.0. The molecule has 2 aromatic heterocycles. The van der Waals surface area contributed by atoms with E-state index in [2.05, 4.69) is 15.3 Å². The fraction of sp³-hybridized carbons (Fsp3) is 0.190. The van der Waals surface area contributed by atoms with E-state index in [4.69, 9.17) is 9.15 Å². The standard InChI is InChI=1S/C21H18N4O4/c1-13(2)25-20(26)16-11-7-6-10-15(16)18(24-25)21(27)28-12-17-22-23-19(29-17)14-8-4-3-5-9-14/h3-11,13H,12H2,1-2H3. The van der Waals surface area contributed by atoms with E-state index in [1.807, 2.05) is 44.2 Å². The third-order valence-electron chi connectivity index (χ3n) is 4.33. The smallest absolute Gasteiger partial charge is 0.359 e. The summed E-state index contributed by atoms with van der Waals surface area (Å²) in [5.41, 5.74) is 0.586. The van der Waals surface area contributed by atoms with Crippen molar-refractivity contribution >= 4 is 16.7 Å². The molecule has 4 rings (SSSR count). The highest BCUT2D eigenvalue weighted by Gasteiger charge is 2.20. The molecule has 146 valence electrons. The first kappa shape index (κ1) is 18.5. The van der Waals surface area contributed by atoms with Crippen LogP contribution < -0.4 is 5.56 Å². The van der Waals surface area contributed by atoms with Gasteiger partial charge in [0.2, 0.25) is 5.89 Å². The molecule has 4 aromatic rings. The van der Waals surface area contributed by atoms with Crippen LogP contribution in [0.5, 0.6) is 0 Å². The molecule has 8 nitrogen and oxygen atoms in total. The predicted molar refractivity (Wildman–Crippen MR) is 105 cm³/mol. The molecular weight excluding hydrogens is 372 g/mol. The number of hydrogen-bond acceptors (Lipinski definition) is 7. The summed E-state index contributed by atoms with van der Waals surface area (Å²) in [6.45, 7) is 3.44. The second-order valence-corrected chi connectivity index (χ2v) is 6.68. The van der Waals surface area contributed by atoms with Gasteiger partial charge in [0.15, 0.2) is 12.3 Å². The SMILES string of the molecule is CC(C)n1nc(C(=O)OCc2nnc(-c3ccccc3)o2)c2ccccc2c1=O. The number of esters is 1. The highest BCUT2D eigenvalue weighted by Crippen LogP contribution is 2.19. The fourth-order valence-electron chi connectivity index (χ4n) is 2.91. The summed E-state index contributed by atoms with van der Waals surface area (Å²) in [6, 6.07) is 15.9. The number of hydrogen-bond donors (Lipinski definition) is 0. The molecule has 0 aliphatic heterocycles. The lowest BCUT2D eigenvalue weighted by atomic mass is 10.1. The second-order valence-electron chi connectivity index (χ2n) is 6.68. The van der Waals surface area contributed by atoms with Crippen LogP contribution in [0, 0.1) is 0 Å². The zero-order chi connectivity index (χ0) is 20.4. The van der Waals surface area contributed by atoms with Crippen LogP contribution in [0.2, 0.25) is 0 Å². The highest BCUT2D eigenvalue weighted by atomic mass is 16.5. The number of rotatable bonds is 5. The maximum Gasteiger partial charge on any atom is 0.359 e. The molecule has 0 atom stereocenters.